The van der Waals surface area contributed by atoms with E-state index in [0.29, 0.717) is 18.8 Å². The molecule has 1 N–H and O–H groups in total. The third-order valence-corrected chi connectivity index (χ3v) is 5.20. The van der Waals surface area contributed by atoms with Crippen molar-refractivity contribution in [3.05, 3.63) is 52.7 Å². The number of nitrogens with zero attached hydrogens (tertiary/aromatic N) is 3. The van der Waals surface area contributed by atoms with Crippen molar-refractivity contribution in [2.24, 2.45) is 5.10 Å². The monoisotopic (exact) mass is 398 g/mol. The molecule has 0 saturated carbocycles. The lowest BCUT2D eigenvalue weighted by Gasteiger charge is -2.26. The highest BCUT2D eigenvalue weighted by Crippen LogP contribution is 2.20. The van der Waals surface area contributed by atoms with Gasteiger partial charge in [-0.15, -0.1) is 11.3 Å². The Bertz CT molecular complexity index is 865. The Morgan fingerprint density at radius 1 is 1.18 bits per heavy atom. The molecule has 1 aromatic heterocycles. The minimum atomic E-state index is -0.317. The number of hydrazone groups is 1. The predicted molar refractivity (Wildman–Crippen MR) is 109 cm³/mol. The molecule has 146 valence electrons. The molecular weight excluding hydrogens is 376 g/mol. The fraction of sp³-hybridized carbons (Fsp3) is 0.300. The zero-order chi connectivity index (χ0) is 19.9. The Morgan fingerprint density at radius 3 is 2.64 bits per heavy atom. The zero-order valence-corrected chi connectivity index (χ0v) is 16.4. The van der Waals surface area contributed by atoms with Crippen LogP contribution in [-0.4, -0.2) is 41.4 Å². The van der Waals surface area contributed by atoms with Gasteiger partial charge >= 0.3 is 0 Å². The molecule has 0 radical (unpaired) electrons. The summed E-state index contributed by atoms with van der Waals surface area (Å²) in [7, 11) is 0. The van der Waals surface area contributed by atoms with E-state index in [2.05, 4.69) is 10.4 Å². The Morgan fingerprint density at radius 2 is 1.96 bits per heavy atom. The van der Waals surface area contributed by atoms with Crippen LogP contribution in [0.2, 0.25) is 0 Å². The van der Waals surface area contributed by atoms with Crippen LogP contribution < -0.4 is 10.3 Å². The molecule has 3 amide bonds. The lowest BCUT2D eigenvalue weighted by Crippen LogP contribution is -2.45. The second-order valence-electron chi connectivity index (χ2n) is 6.26. The van der Waals surface area contributed by atoms with Crippen LogP contribution in [0.3, 0.4) is 0 Å². The minimum Gasteiger partial charge on any atom is -0.350 e. The van der Waals surface area contributed by atoms with Gasteiger partial charge in [0.1, 0.15) is 5.71 Å². The first-order valence-corrected chi connectivity index (χ1v) is 10.00. The number of carbonyl (C=O) groups excluding carboxylic acids is 3. The lowest BCUT2D eigenvalue weighted by atomic mass is 10.1. The molecule has 0 atom stereocenters. The van der Waals surface area contributed by atoms with Gasteiger partial charge in [-0.2, -0.15) is 5.10 Å². The van der Waals surface area contributed by atoms with E-state index in [9.17, 15) is 14.4 Å². The number of hydrogen-bond donors (Lipinski definition) is 1. The van der Waals surface area contributed by atoms with Crippen LogP contribution in [0.1, 0.15) is 24.6 Å². The number of benzene rings is 1. The van der Waals surface area contributed by atoms with Gasteiger partial charge in [0.05, 0.1) is 18.8 Å². The Balaban J connectivity index is 1.66. The van der Waals surface area contributed by atoms with E-state index in [4.69, 9.17) is 0 Å². The standard InChI is InChI=1S/C20H22N4O3S/c1-2-23(14-18(25)21-13-16-9-6-12-28-16)20(27)17-10-11-19(26)24(22-17)15-7-4-3-5-8-15/h3-9,12H,2,10-11,13-14H2,1H3,(H,21,25). The van der Waals surface area contributed by atoms with Crippen molar-refractivity contribution >= 4 is 40.5 Å². The average Bonchev–Trinajstić information content (AvgIpc) is 3.25. The summed E-state index contributed by atoms with van der Waals surface area (Å²) in [5.41, 5.74) is 0.908. The molecule has 0 bridgehead atoms. The second kappa shape index (κ2) is 9.27. The summed E-state index contributed by atoms with van der Waals surface area (Å²) >= 11 is 1.57. The van der Waals surface area contributed by atoms with E-state index in [1.165, 1.54) is 9.91 Å². The van der Waals surface area contributed by atoms with Gasteiger partial charge in [0, 0.05) is 24.3 Å². The summed E-state index contributed by atoms with van der Waals surface area (Å²) in [6.45, 7) is 2.59. The number of carbonyl (C=O) groups is 3. The summed E-state index contributed by atoms with van der Waals surface area (Å²) < 4.78 is 0. The molecule has 0 saturated heterocycles. The van der Waals surface area contributed by atoms with Gasteiger partial charge in [-0.1, -0.05) is 24.3 Å². The number of nitrogens with one attached hydrogen (secondary N) is 1. The Labute approximate surface area is 167 Å². The topological polar surface area (TPSA) is 82.1 Å². The number of anilines is 1. The van der Waals surface area contributed by atoms with Gasteiger partial charge in [-0.25, -0.2) is 5.01 Å². The fourth-order valence-electron chi connectivity index (χ4n) is 2.82. The molecule has 28 heavy (non-hydrogen) atoms. The van der Waals surface area contributed by atoms with E-state index in [1.807, 2.05) is 42.6 Å². The molecule has 1 aliphatic heterocycles. The van der Waals surface area contributed by atoms with Crippen molar-refractivity contribution in [1.82, 2.24) is 10.2 Å². The van der Waals surface area contributed by atoms with Crippen LogP contribution in [0.4, 0.5) is 5.69 Å². The Hall–Kier alpha value is -3.00. The molecule has 8 heteroatoms. The predicted octanol–water partition coefficient (Wildman–Crippen LogP) is 2.40. The molecule has 0 fully saturated rings. The number of likely N-dealkylation sites (N-methyl/N-ethyl adjacent to an activating group) is 1. The van der Waals surface area contributed by atoms with Crippen LogP contribution in [0, 0.1) is 0 Å². The maximum Gasteiger partial charge on any atom is 0.270 e. The highest BCUT2D eigenvalue weighted by molar-refractivity contribution is 7.09. The second-order valence-corrected chi connectivity index (χ2v) is 7.30. The molecule has 0 unspecified atom stereocenters. The number of thiophene rings is 1. The molecule has 3 rings (SSSR count). The van der Waals surface area contributed by atoms with Crippen molar-refractivity contribution < 1.29 is 14.4 Å². The first-order valence-electron chi connectivity index (χ1n) is 9.12. The first-order chi connectivity index (χ1) is 13.6. The van der Waals surface area contributed by atoms with E-state index in [1.54, 1.807) is 23.5 Å². The third kappa shape index (κ3) is 4.83. The van der Waals surface area contributed by atoms with Gasteiger partial charge in [-0.3, -0.25) is 14.4 Å². The van der Waals surface area contributed by atoms with E-state index in [-0.39, 0.29) is 42.8 Å². The summed E-state index contributed by atoms with van der Waals surface area (Å²) in [6, 6.07) is 12.9. The number of hydrogen-bond acceptors (Lipinski definition) is 5. The molecule has 0 aliphatic carbocycles. The maximum absolute atomic E-state index is 12.9. The highest BCUT2D eigenvalue weighted by atomic mass is 32.1. The summed E-state index contributed by atoms with van der Waals surface area (Å²) in [5, 5.41) is 10.3. The van der Waals surface area contributed by atoms with Crippen LogP contribution in [0.15, 0.2) is 52.9 Å². The van der Waals surface area contributed by atoms with Crippen molar-refractivity contribution in [3.63, 3.8) is 0 Å². The number of para-hydroxylation sites is 1. The van der Waals surface area contributed by atoms with Crippen molar-refractivity contribution in [2.45, 2.75) is 26.3 Å². The van der Waals surface area contributed by atoms with Crippen LogP contribution >= 0.6 is 11.3 Å². The molecular formula is C20H22N4O3S. The molecule has 2 heterocycles. The lowest BCUT2D eigenvalue weighted by molar-refractivity contribution is -0.131. The smallest absolute Gasteiger partial charge is 0.270 e. The summed E-state index contributed by atoms with van der Waals surface area (Å²) in [4.78, 5) is 39.8. The van der Waals surface area contributed by atoms with Crippen molar-refractivity contribution in [2.75, 3.05) is 18.1 Å². The maximum atomic E-state index is 12.9. The molecule has 1 aromatic carbocycles. The zero-order valence-electron chi connectivity index (χ0n) is 15.6. The molecule has 0 spiro atoms. The van der Waals surface area contributed by atoms with E-state index >= 15 is 0 Å². The third-order valence-electron chi connectivity index (χ3n) is 4.32. The Kier molecular flexibility index (Phi) is 6.54. The van der Waals surface area contributed by atoms with E-state index in [0.717, 1.165) is 4.88 Å². The number of rotatable bonds is 7. The average molecular weight is 398 g/mol. The first kappa shape index (κ1) is 19.8. The molecule has 2 aromatic rings. The molecule has 7 nitrogen and oxygen atoms in total. The highest BCUT2D eigenvalue weighted by Gasteiger charge is 2.28. The van der Waals surface area contributed by atoms with Crippen molar-refractivity contribution in [1.29, 1.82) is 0 Å². The van der Waals surface area contributed by atoms with E-state index < -0.39 is 0 Å². The summed E-state index contributed by atoms with van der Waals surface area (Å²) in [6.07, 6.45) is 0.482. The van der Waals surface area contributed by atoms with Gasteiger partial charge in [0.15, 0.2) is 0 Å². The van der Waals surface area contributed by atoms with Crippen LogP contribution in [0.25, 0.3) is 0 Å². The quantitative estimate of drug-likeness (QED) is 0.777. The normalized spacial score (nSPS) is 13.8. The summed E-state index contributed by atoms with van der Waals surface area (Å²) in [5.74, 6) is -0.697. The van der Waals surface area contributed by atoms with Gasteiger partial charge in [-0.05, 0) is 30.5 Å². The van der Waals surface area contributed by atoms with Gasteiger partial charge in [0.2, 0.25) is 11.8 Å². The number of amides is 3. The van der Waals surface area contributed by atoms with Gasteiger partial charge < -0.3 is 10.2 Å². The SMILES string of the molecule is CCN(CC(=O)NCc1cccs1)C(=O)C1=NN(c2ccccc2)C(=O)CC1. The van der Waals surface area contributed by atoms with Gasteiger partial charge in [0.25, 0.3) is 5.91 Å². The minimum absolute atomic E-state index is 0.0426. The fourth-order valence-corrected chi connectivity index (χ4v) is 3.46. The molecule has 1 aliphatic rings. The van der Waals surface area contributed by atoms with Crippen molar-refractivity contribution in [3.8, 4) is 0 Å². The van der Waals surface area contributed by atoms with Crippen LogP contribution in [0.5, 0.6) is 0 Å². The largest absolute Gasteiger partial charge is 0.350 e. The van der Waals surface area contributed by atoms with Crippen LogP contribution in [-0.2, 0) is 20.9 Å².